The fourth-order valence-electron chi connectivity index (χ4n) is 1.64. The van der Waals surface area contributed by atoms with E-state index in [1.807, 2.05) is 0 Å². The third kappa shape index (κ3) is 4.16. The number of nitro groups is 1. The number of halogens is 1. The lowest BCUT2D eigenvalue weighted by Crippen LogP contribution is -2.01. The predicted octanol–water partition coefficient (Wildman–Crippen LogP) is 4.37. The van der Waals surface area contributed by atoms with Gasteiger partial charge in [-0.1, -0.05) is 6.92 Å². The fraction of sp³-hybridized carbons (Fsp3) is 0.214. The average molecular weight is 352 g/mol. The van der Waals surface area contributed by atoms with Crippen LogP contribution in [0.2, 0.25) is 0 Å². The largest absolute Gasteiger partial charge is 0.456 e. The van der Waals surface area contributed by atoms with Gasteiger partial charge in [-0.05, 0) is 34.5 Å². The Morgan fingerprint density at radius 3 is 2.90 bits per heavy atom. The highest BCUT2D eigenvalue weighted by molar-refractivity contribution is 9.10. The first kappa shape index (κ1) is 15.2. The van der Waals surface area contributed by atoms with E-state index in [2.05, 4.69) is 33.2 Å². The van der Waals surface area contributed by atoms with Crippen LogP contribution < -0.4 is 10.1 Å². The van der Waals surface area contributed by atoms with Gasteiger partial charge >= 0.3 is 0 Å². The van der Waals surface area contributed by atoms with Crippen LogP contribution in [0.25, 0.3) is 0 Å². The third-order valence-electron chi connectivity index (χ3n) is 2.64. The summed E-state index contributed by atoms with van der Waals surface area (Å²) in [5, 5.41) is 14.0. The summed E-state index contributed by atoms with van der Waals surface area (Å²) in [6, 6.07) is 7.83. The molecule has 1 aromatic carbocycles. The number of hydrogen-bond acceptors (Lipinski definition) is 5. The van der Waals surface area contributed by atoms with Gasteiger partial charge in [-0.3, -0.25) is 10.1 Å². The highest BCUT2D eigenvalue weighted by Gasteiger charge is 2.11. The van der Waals surface area contributed by atoms with Gasteiger partial charge in [0, 0.05) is 24.9 Å². The highest BCUT2D eigenvalue weighted by atomic mass is 79.9. The Kier molecular flexibility index (Phi) is 5.10. The third-order valence-corrected chi connectivity index (χ3v) is 3.30. The molecule has 0 saturated heterocycles. The van der Waals surface area contributed by atoms with Crippen LogP contribution in [0.3, 0.4) is 0 Å². The number of nitrogens with zero attached hydrogens (tertiary/aromatic N) is 2. The lowest BCUT2D eigenvalue weighted by Gasteiger charge is -2.09. The molecule has 0 radical (unpaired) electrons. The average Bonchev–Trinajstić information content (AvgIpc) is 2.47. The molecule has 2 rings (SSSR count). The predicted molar refractivity (Wildman–Crippen MR) is 83.9 cm³/mol. The molecule has 0 spiro atoms. The summed E-state index contributed by atoms with van der Waals surface area (Å²) in [6.07, 6.45) is 2.61. The Morgan fingerprint density at radius 1 is 1.38 bits per heavy atom. The van der Waals surface area contributed by atoms with E-state index in [0.717, 1.165) is 13.0 Å². The minimum absolute atomic E-state index is 0.0217. The zero-order valence-electron chi connectivity index (χ0n) is 11.4. The van der Waals surface area contributed by atoms with Crippen molar-refractivity contribution in [2.45, 2.75) is 13.3 Å². The van der Waals surface area contributed by atoms with Gasteiger partial charge in [0.25, 0.3) is 5.69 Å². The van der Waals surface area contributed by atoms with Crippen molar-refractivity contribution in [1.82, 2.24) is 4.98 Å². The van der Waals surface area contributed by atoms with Crippen molar-refractivity contribution in [2.75, 3.05) is 11.9 Å². The molecule has 0 aliphatic heterocycles. The van der Waals surface area contributed by atoms with Crippen LogP contribution in [0.4, 0.5) is 11.5 Å². The lowest BCUT2D eigenvalue weighted by atomic mass is 10.3. The van der Waals surface area contributed by atoms with Gasteiger partial charge < -0.3 is 10.1 Å². The molecule has 1 heterocycles. The molecule has 110 valence electrons. The minimum Gasteiger partial charge on any atom is -0.456 e. The van der Waals surface area contributed by atoms with Crippen LogP contribution in [0.15, 0.2) is 41.0 Å². The summed E-state index contributed by atoms with van der Waals surface area (Å²) in [7, 11) is 0. The molecular formula is C14H14BrN3O3. The molecule has 0 bridgehead atoms. The van der Waals surface area contributed by atoms with Crippen LogP contribution in [-0.4, -0.2) is 16.5 Å². The fourth-order valence-corrected chi connectivity index (χ4v) is 1.96. The summed E-state index contributed by atoms with van der Waals surface area (Å²) < 4.78 is 6.34. The maximum absolute atomic E-state index is 10.8. The minimum atomic E-state index is -0.458. The van der Waals surface area contributed by atoms with Crippen LogP contribution in [0, 0.1) is 10.1 Å². The van der Waals surface area contributed by atoms with Crippen LogP contribution >= 0.6 is 15.9 Å². The summed E-state index contributed by atoms with van der Waals surface area (Å²) in [6.45, 7) is 2.88. The van der Waals surface area contributed by atoms with Crippen molar-refractivity contribution in [2.24, 2.45) is 0 Å². The number of nitrogens with one attached hydrogen (secondary N) is 1. The number of non-ortho nitro benzene ring substituents is 1. The first-order valence-electron chi connectivity index (χ1n) is 6.42. The molecule has 6 nitrogen and oxygen atoms in total. The lowest BCUT2D eigenvalue weighted by molar-refractivity contribution is -0.384. The highest BCUT2D eigenvalue weighted by Crippen LogP contribution is 2.33. The first-order chi connectivity index (χ1) is 10.1. The molecule has 2 aromatic rings. The number of hydrogen-bond donors (Lipinski definition) is 1. The summed E-state index contributed by atoms with van der Waals surface area (Å²) in [4.78, 5) is 14.5. The molecule has 0 amide bonds. The van der Waals surface area contributed by atoms with E-state index in [1.54, 1.807) is 24.4 Å². The van der Waals surface area contributed by atoms with Gasteiger partial charge in [0.15, 0.2) is 0 Å². The van der Waals surface area contributed by atoms with Gasteiger partial charge in [-0.25, -0.2) is 4.98 Å². The van der Waals surface area contributed by atoms with E-state index >= 15 is 0 Å². The normalized spacial score (nSPS) is 10.2. The number of ether oxygens (including phenoxy) is 1. The van der Waals surface area contributed by atoms with E-state index in [9.17, 15) is 10.1 Å². The maximum atomic E-state index is 10.8. The molecule has 21 heavy (non-hydrogen) atoms. The standard InChI is InChI=1S/C14H14BrN3O3/c1-2-6-16-14-9-11(5-7-17-14)21-13-8-10(18(19)20)3-4-12(13)15/h3-5,7-9H,2,6H2,1H3,(H,16,17). The van der Waals surface area contributed by atoms with E-state index in [4.69, 9.17) is 4.74 Å². The number of anilines is 1. The second-order valence-electron chi connectivity index (χ2n) is 4.28. The van der Waals surface area contributed by atoms with Crippen molar-refractivity contribution < 1.29 is 9.66 Å². The van der Waals surface area contributed by atoms with Crippen LogP contribution in [0.5, 0.6) is 11.5 Å². The van der Waals surface area contributed by atoms with Crippen LogP contribution in [-0.2, 0) is 0 Å². The molecule has 0 aliphatic rings. The smallest absolute Gasteiger partial charge is 0.273 e. The van der Waals surface area contributed by atoms with Crippen molar-refractivity contribution in [3.8, 4) is 11.5 Å². The molecular weight excluding hydrogens is 338 g/mol. The molecule has 0 saturated carbocycles. The van der Waals surface area contributed by atoms with E-state index in [-0.39, 0.29) is 5.69 Å². The molecule has 0 atom stereocenters. The van der Waals surface area contributed by atoms with Crippen molar-refractivity contribution >= 4 is 27.4 Å². The van der Waals surface area contributed by atoms with Gasteiger partial charge in [0.1, 0.15) is 17.3 Å². The van der Waals surface area contributed by atoms with Crippen LogP contribution in [0.1, 0.15) is 13.3 Å². The molecule has 0 fully saturated rings. The number of pyridine rings is 1. The first-order valence-corrected chi connectivity index (χ1v) is 7.21. The van der Waals surface area contributed by atoms with Gasteiger partial charge in [0.05, 0.1) is 15.5 Å². The Labute approximate surface area is 130 Å². The molecule has 1 aromatic heterocycles. The monoisotopic (exact) mass is 351 g/mol. The van der Waals surface area contributed by atoms with Gasteiger partial charge in [0.2, 0.25) is 0 Å². The zero-order valence-corrected chi connectivity index (χ0v) is 13.0. The molecule has 7 heteroatoms. The molecule has 0 aliphatic carbocycles. The SMILES string of the molecule is CCCNc1cc(Oc2cc([N+](=O)[O-])ccc2Br)ccn1. The summed E-state index contributed by atoms with van der Waals surface area (Å²) in [5.41, 5.74) is -0.0217. The molecule has 0 unspecified atom stereocenters. The van der Waals surface area contributed by atoms with Gasteiger partial charge in [-0.2, -0.15) is 0 Å². The summed E-state index contributed by atoms with van der Waals surface area (Å²) >= 11 is 3.32. The van der Waals surface area contributed by atoms with Crippen molar-refractivity contribution in [3.05, 3.63) is 51.1 Å². The number of aromatic nitrogens is 1. The zero-order chi connectivity index (χ0) is 15.2. The second-order valence-corrected chi connectivity index (χ2v) is 5.13. The van der Waals surface area contributed by atoms with E-state index < -0.39 is 4.92 Å². The topological polar surface area (TPSA) is 77.3 Å². The van der Waals surface area contributed by atoms with E-state index in [1.165, 1.54) is 12.1 Å². The Balaban J connectivity index is 2.21. The van der Waals surface area contributed by atoms with E-state index in [0.29, 0.717) is 21.8 Å². The quantitative estimate of drug-likeness (QED) is 0.617. The van der Waals surface area contributed by atoms with Gasteiger partial charge in [-0.15, -0.1) is 0 Å². The number of benzene rings is 1. The van der Waals surface area contributed by atoms with Crippen molar-refractivity contribution in [1.29, 1.82) is 0 Å². The number of nitro benzene ring substituents is 1. The maximum Gasteiger partial charge on any atom is 0.273 e. The Bertz CT molecular complexity index is 649. The second kappa shape index (κ2) is 7.03. The summed E-state index contributed by atoms with van der Waals surface area (Å²) in [5.74, 6) is 1.65. The number of rotatable bonds is 6. The molecule has 1 N–H and O–H groups in total. The Hall–Kier alpha value is -2.15. The van der Waals surface area contributed by atoms with Crippen molar-refractivity contribution in [3.63, 3.8) is 0 Å². The Morgan fingerprint density at radius 2 is 2.19 bits per heavy atom.